The number of hydrogen-bond acceptors (Lipinski definition) is 16. The van der Waals surface area contributed by atoms with Crippen LogP contribution < -0.4 is 25.5 Å². The highest BCUT2D eigenvalue weighted by molar-refractivity contribution is 8.76. The maximum Gasteiger partial charge on any atom is 0.412 e. The van der Waals surface area contributed by atoms with Gasteiger partial charge in [-0.3, -0.25) is 14.5 Å². The number of likely N-dealkylation sites (tertiary alicyclic amines) is 1. The predicted molar refractivity (Wildman–Crippen MR) is 261 cm³/mol. The number of carbonyl (C=O) groups is 3. The van der Waals surface area contributed by atoms with E-state index >= 15 is 0 Å². The molecule has 364 valence electrons. The second kappa shape index (κ2) is 20.9. The number of benzene rings is 2. The van der Waals surface area contributed by atoms with Gasteiger partial charge >= 0.3 is 12.1 Å². The molecule has 17 nitrogen and oxygen atoms in total. The summed E-state index contributed by atoms with van der Waals surface area (Å²) in [7, 11) is 4.60. The molecule has 0 bridgehead atoms. The van der Waals surface area contributed by atoms with E-state index in [9.17, 15) is 24.3 Å². The lowest BCUT2D eigenvalue weighted by Crippen LogP contribution is -2.51. The standard InChI is InChI=1S/C50H56N6O11S2/c1-4-31-32-24-30(14-15-38(32)53-44-34(31)28-56-40(44)26-36-35(46(56)58)29-67-48(59)50(36,61)5-2)63-19-9-6-10-20-64-42-27-37(51)33(25-41(42)62-3)45(57)54-17-11-12-39(54)47-55(18-21-65-47)49(60)66-22-23-68-69-43-13-7-8-16-52-43/h7-8,13-16,24-27,39,47,61H,4-6,9-12,17-23,28-29,51H2,1-3H3/t39-,47?,50-/m0/s1. The van der Waals surface area contributed by atoms with Crippen LogP contribution >= 0.6 is 21.6 Å². The Morgan fingerprint density at radius 3 is 2.59 bits per heavy atom. The van der Waals surface area contributed by atoms with Crippen LogP contribution in [0.3, 0.4) is 0 Å². The second-order valence-corrected chi connectivity index (χ2v) is 19.7. The number of nitrogens with zero attached hydrogens (tertiary/aromatic N) is 5. The predicted octanol–water partition coefficient (Wildman–Crippen LogP) is 7.10. The number of ether oxygens (including phenoxy) is 6. The normalized spacial score (nSPS) is 19.3. The van der Waals surface area contributed by atoms with E-state index in [1.54, 1.807) is 56.5 Å². The molecule has 3 aromatic heterocycles. The Morgan fingerprint density at radius 2 is 1.81 bits per heavy atom. The molecule has 0 aliphatic carbocycles. The lowest BCUT2D eigenvalue weighted by atomic mass is 9.86. The SMILES string of the molecule is CCc1c2c(nc3ccc(OCCCCCOc4cc(N)c(C(=O)N5CCC[C@H]5C5OCCN5C(=O)OCCSSc5ccccn5)cc4OC)cc13)-c1cc3c(c(=O)n1C2)COC(=O)[C@]3(O)CC. The van der Waals surface area contributed by atoms with Crippen molar-refractivity contribution in [2.24, 2.45) is 0 Å². The van der Waals surface area contributed by atoms with E-state index in [2.05, 4.69) is 11.9 Å². The van der Waals surface area contributed by atoms with Crippen molar-refractivity contribution in [3.63, 3.8) is 0 Å². The maximum atomic E-state index is 14.1. The van der Waals surface area contributed by atoms with Crippen molar-refractivity contribution < 1.29 is 47.9 Å². The van der Waals surface area contributed by atoms with Gasteiger partial charge in [0.05, 0.1) is 74.1 Å². The van der Waals surface area contributed by atoms with Gasteiger partial charge in [-0.2, -0.15) is 0 Å². The Morgan fingerprint density at radius 1 is 0.971 bits per heavy atom. The molecule has 0 radical (unpaired) electrons. The van der Waals surface area contributed by atoms with Crippen LogP contribution in [0.1, 0.15) is 85.0 Å². The first-order valence-electron chi connectivity index (χ1n) is 23.5. The van der Waals surface area contributed by atoms with E-state index in [0.717, 1.165) is 52.7 Å². The molecule has 3 N–H and O–H groups in total. The average molecular weight is 981 g/mol. The monoisotopic (exact) mass is 980 g/mol. The Hall–Kier alpha value is -6.02. The molecular weight excluding hydrogens is 925 g/mol. The molecule has 2 amide bonds. The Kier molecular flexibility index (Phi) is 14.6. The lowest BCUT2D eigenvalue weighted by molar-refractivity contribution is -0.172. The number of esters is 1. The molecule has 69 heavy (non-hydrogen) atoms. The maximum absolute atomic E-state index is 14.1. The average Bonchev–Trinajstić information content (AvgIpc) is 4.14. The molecule has 3 atom stereocenters. The molecule has 1 unspecified atom stereocenters. The summed E-state index contributed by atoms with van der Waals surface area (Å²) in [5, 5.41) is 13.1. The van der Waals surface area contributed by atoms with Crippen molar-refractivity contribution in [1.82, 2.24) is 24.3 Å². The van der Waals surface area contributed by atoms with Crippen LogP contribution in [0.2, 0.25) is 0 Å². The molecule has 19 heteroatoms. The van der Waals surface area contributed by atoms with Crippen LogP contribution in [0.15, 0.2) is 70.6 Å². The topological polar surface area (TPSA) is 207 Å². The highest BCUT2D eigenvalue weighted by atomic mass is 33.1. The Bertz CT molecular complexity index is 2810. The highest BCUT2D eigenvalue weighted by Crippen LogP contribution is 2.41. The number of rotatable bonds is 18. The van der Waals surface area contributed by atoms with Gasteiger partial charge in [-0.25, -0.2) is 19.6 Å². The third-order valence-electron chi connectivity index (χ3n) is 13.2. The molecule has 2 saturated heterocycles. The molecule has 7 heterocycles. The summed E-state index contributed by atoms with van der Waals surface area (Å²) in [5.41, 5.74) is 9.50. The van der Waals surface area contributed by atoms with Gasteiger partial charge in [-0.1, -0.05) is 30.7 Å². The third-order valence-corrected chi connectivity index (χ3v) is 15.5. The molecule has 0 spiro atoms. The number of amides is 2. The number of aliphatic hydroxyl groups is 1. The molecule has 4 aliphatic rings. The van der Waals surface area contributed by atoms with Crippen molar-refractivity contribution >= 4 is 56.1 Å². The van der Waals surface area contributed by atoms with E-state index in [1.807, 2.05) is 36.4 Å². The van der Waals surface area contributed by atoms with Crippen molar-refractivity contribution in [3.05, 3.63) is 99.0 Å². The highest BCUT2D eigenvalue weighted by Gasteiger charge is 2.46. The quantitative estimate of drug-likeness (QED) is 0.0381. The Labute approximate surface area is 407 Å². The van der Waals surface area contributed by atoms with Crippen molar-refractivity contribution in [3.8, 4) is 28.6 Å². The number of anilines is 1. The number of aromatic nitrogens is 3. The summed E-state index contributed by atoms with van der Waals surface area (Å²) >= 11 is 0. The van der Waals surface area contributed by atoms with Crippen molar-refractivity contribution in [1.29, 1.82) is 0 Å². The van der Waals surface area contributed by atoms with Gasteiger partial charge in [0.1, 0.15) is 24.0 Å². The molecule has 0 saturated carbocycles. The molecule has 5 aromatic rings. The van der Waals surface area contributed by atoms with Crippen LogP contribution in [-0.2, 0) is 44.2 Å². The second-order valence-electron chi connectivity index (χ2n) is 17.3. The zero-order chi connectivity index (χ0) is 48.2. The van der Waals surface area contributed by atoms with Gasteiger partial charge in [0.25, 0.3) is 11.5 Å². The van der Waals surface area contributed by atoms with Crippen molar-refractivity contribution in [2.75, 3.05) is 58.1 Å². The summed E-state index contributed by atoms with van der Waals surface area (Å²) in [4.78, 5) is 66.2. The third kappa shape index (κ3) is 9.53. The van der Waals surface area contributed by atoms with E-state index < -0.39 is 23.9 Å². The fourth-order valence-corrected chi connectivity index (χ4v) is 11.4. The van der Waals surface area contributed by atoms with Crippen molar-refractivity contribution in [2.45, 2.75) is 94.8 Å². The first-order chi connectivity index (χ1) is 33.5. The zero-order valence-corrected chi connectivity index (χ0v) is 40.5. The summed E-state index contributed by atoms with van der Waals surface area (Å²) in [6.45, 7) is 6.25. The number of hydrogen-bond donors (Lipinski definition) is 2. The minimum Gasteiger partial charge on any atom is -0.494 e. The van der Waals surface area contributed by atoms with Gasteiger partial charge in [0.15, 0.2) is 23.3 Å². The minimum atomic E-state index is -1.88. The fraction of sp³-hybridized carbons (Fsp3) is 0.440. The molecular formula is C50H56N6O11S2. The van der Waals surface area contributed by atoms with Gasteiger partial charge in [-0.05, 0) is 104 Å². The summed E-state index contributed by atoms with van der Waals surface area (Å²) in [5.74, 6) is 1.11. The van der Waals surface area contributed by atoms with E-state index in [1.165, 1.54) is 17.9 Å². The number of pyridine rings is 3. The van der Waals surface area contributed by atoms with E-state index in [-0.39, 0.29) is 48.4 Å². The first-order valence-corrected chi connectivity index (χ1v) is 25.8. The van der Waals surface area contributed by atoms with Crippen LogP contribution in [0, 0.1) is 0 Å². The number of unbranched alkanes of at least 4 members (excludes halogenated alkanes) is 2. The van der Waals surface area contributed by atoms with Crippen LogP contribution in [0.4, 0.5) is 10.5 Å². The van der Waals surface area contributed by atoms with Gasteiger partial charge in [0, 0.05) is 46.8 Å². The number of methoxy groups -OCH3 is 1. The number of nitrogens with two attached hydrogens (primary N) is 1. The number of fused-ring (bicyclic) bond motifs is 5. The Balaban J connectivity index is 0.762. The zero-order valence-electron chi connectivity index (χ0n) is 38.9. The first kappa shape index (κ1) is 48.0. The summed E-state index contributed by atoms with van der Waals surface area (Å²) in [6, 6.07) is 16.1. The van der Waals surface area contributed by atoms with Crippen LogP contribution in [0.25, 0.3) is 22.3 Å². The smallest absolute Gasteiger partial charge is 0.412 e. The van der Waals surface area contributed by atoms with Gasteiger partial charge in [0.2, 0.25) is 0 Å². The number of cyclic esters (lactones) is 1. The molecule has 4 aliphatic heterocycles. The van der Waals surface area contributed by atoms with E-state index in [4.69, 9.17) is 39.1 Å². The van der Waals surface area contributed by atoms with Crippen LogP contribution in [-0.4, -0.2) is 112 Å². The molecule has 2 aromatic carbocycles. The largest absolute Gasteiger partial charge is 0.494 e. The van der Waals surface area contributed by atoms with Gasteiger partial charge < -0.3 is 48.7 Å². The number of nitrogen functional groups attached to an aromatic ring is 1. The number of aryl methyl sites for hydroxylation is 1. The molecule has 2 fully saturated rings. The van der Waals surface area contributed by atoms with Gasteiger partial charge in [-0.15, -0.1) is 0 Å². The minimum absolute atomic E-state index is 0.0805. The lowest BCUT2D eigenvalue weighted by Gasteiger charge is -2.33. The molecule has 9 rings (SSSR count). The van der Waals surface area contributed by atoms with Crippen LogP contribution in [0.5, 0.6) is 17.2 Å². The fourth-order valence-electron chi connectivity index (χ4n) is 9.66. The number of carbonyl (C=O) groups excluding carboxylic acids is 3. The summed E-state index contributed by atoms with van der Waals surface area (Å²) in [6.07, 6.45) is 5.17. The van der Waals surface area contributed by atoms with E-state index in [0.29, 0.717) is 97.8 Å². The summed E-state index contributed by atoms with van der Waals surface area (Å²) < 4.78 is 36.5.